The van der Waals surface area contributed by atoms with Crippen LogP contribution >= 0.6 is 0 Å². The zero-order valence-electron chi connectivity index (χ0n) is 11.0. The molecule has 1 fully saturated rings. The molecular formula is C12H17F3N4. The number of hydrogen-bond donors (Lipinski definition) is 0. The second kappa shape index (κ2) is 5.32. The van der Waals surface area contributed by atoms with E-state index in [0.717, 1.165) is 13.1 Å². The van der Waals surface area contributed by atoms with Crippen molar-refractivity contribution >= 4 is 5.82 Å². The van der Waals surface area contributed by atoms with E-state index < -0.39 is 12.0 Å². The van der Waals surface area contributed by atoms with E-state index in [0.29, 0.717) is 24.9 Å². The molecule has 0 spiro atoms. The molecule has 1 aliphatic rings. The predicted octanol–water partition coefficient (Wildman–Crippen LogP) is 2.03. The maximum Gasteiger partial charge on any atom is 0.451 e. The van der Waals surface area contributed by atoms with Crippen LogP contribution in [-0.4, -0.2) is 47.1 Å². The van der Waals surface area contributed by atoms with Crippen molar-refractivity contribution in [3.63, 3.8) is 0 Å². The third kappa shape index (κ3) is 3.34. The van der Waals surface area contributed by atoms with Gasteiger partial charge in [0.1, 0.15) is 5.82 Å². The van der Waals surface area contributed by atoms with E-state index >= 15 is 0 Å². The Labute approximate surface area is 110 Å². The van der Waals surface area contributed by atoms with Crippen molar-refractivity contribution in [1.82, 2.24) is 14.9 Å². The van der Waals surface area contributed by atoms with Gasteiger partial charge in [-0.3, -0.25) is 4.90 Å². The number of hydrogen-bond acceptors (Lipinski definition) is 4. The molecule has 1 saturated heterocycles. The Balaban J connectivity index is 2.08. The molecule has 0 saturated carbocycles. The maximum absolute atomic E-state index is 12.6. The number of aromatic nitrogens is 2. The number of alkyl halides is 3. The average molecular weight is 274 g/mol. The van der Waals surface area contributed by atoms with Gasteiger partial charge in [0.25, 0.3) is 0 Å². The Hall–Kier alpha value is -1.37. The zero-order chi connectivity index (χ0) is 14.0. The van der Waals surface area contributed by atoms with Crippen molar-refractivity contribution in [2.75, 3.05) is 31.1 Å². The second-order valence-corrected chi connectivity index (χ2v) is 4.85. The lowest BCUT2D eigenvalue weighted by Crippen LogP contribution is -2.49. The smallest absolute Gasteiger partial charge is 0.354 e. The zero-order valence-corrected chi connectivity index (χ0v) is 11.0. The molecule has 1 aromatic heterocycles. The molecule has 106 valence electrons. The summed E-state index contributed by atoms with van der Waals surface area (Å²) in [6.45, 7) is 7.27. The molecule has 0 aliphatic carbocycles. The largest absolute Gasteiger partial charge is 0.451 e. The number of nitrogens with zero attached hydrogens (tertiary/aromatic N) is 4. The molecule has 7 heteroatoms. The van der Waals surface area contributed by atoms with Gasteiger partial charge in [-0.1, -0.05) is 0 Å². The summed E-state index contributed by atoms with van der Waals surface area (Å²) in [6.07, 6.45) is -3.32. The summed E-state index contributed by atoms with van der Waals surface area (Å²) in [6, 6.07) is 1.98. The van der Waals surface area contributed by atoms with Crippen LogP contribution < -0.4 is 4.90 Å². The monoisotopic (exact) mass is 274 g/mol. The second-order valence-electron chi connectivity index (χ2n) is 4.85. The van der Waals surface area contributed by atoms with Crippen LogP contribution in [0.4, 0.5) is 19.0 Å². The summed E-state index contributed by atoms with van der Waals surface area (Å²) in [5.74, 6) is -0.720. The van der Waals surface area contributed by atoms with E-state index in [2.05, 4.69) is 28.7 Å². The highest BCUT2D eigenvalue weighted by Gasteiger charge is 2.35. The third-order valence-corrected chi connectivity index (χ3v) is 3.26. The molecule has 0 radical (unpaired) electrons. The minimum atomic E-state index is -4.49. The summed E-state index contributed by atoms with van der Waals surface area (Å²) < 4.78 is 37.7. The van der Waals surface area contributed by atoms with Crippen molar-refractivity contribution in [3.8, 4) is 0 Å². The molecule has 0 unspecified atom stereocenters. The lowest BCUT2D eigenvalue weighted by Gasteiger charge is -2.37. The van der Waals surface area contributed by atoms with Gasteiger partial charge >= 0.3 is 6.18 Å². The lowest BCUT2D eigenvalue weighted by atomic mass is 10.2. The van der Waals surface area contributed by atoms with E-state index in [1.807, 2.05) is 4.90 Å². The normalized spacial score (nSPS) is 18.1. The minimum absolute atomic E-state index is 0.353. The van der Waals surface area contributed by atoms with E-state index in [1.165, 1.54) is 12.3 Å². The summed E-state index contributed by atoms with van der Waals surface area (Å²) in [4.78, 5) is 11.0. The van der Waals surface area contributed by atoms with Crippen LogP contribution in [0.3, 0.4) is 0 Å². The fourth-order valence-electron chi connectivity index (χ4n) is 2.13. The van der Waals surface area contributed by atoms with Gasteiger partial charge in [-0.15, -0.1) is 0 Å². The van der Waals surface area contributed by atoms with Gasteiger partial charge < -0.3 is 4.90 Å². The van der Waals surface area contributed by atoms with Crippen LogP contribution in [0, 0.1) is 0 Å². The molecule has 1 aromatic rings. The number of piperazine rings is 1. The molecule has 2 rings (SSSR count). The topological polar surface area (TPSA) is 32.3 Å². The van der Waals surface area contributed by atoms with Crippen molar-refractivity contribution in [1.29, 1.82) is 0 Å². The van der Waals surface area contributed by atoms with Gasteiger partial charge in [0.05, 0.1) is 0 Å². The fourth-order valence-corrected chi connectivity index (χ4v) is 2.13. The Morgan fingerprint density at radius 2 is 1.79 bits per heavy atom. The van der Waals surface area contributed by atoms with Gasteiger partial charge in [-0.05, 0) is 19.9 Å². The highest BCUT2D eigenvalue weighted by atomic mass is 19.4. The van der Waals surface area contributed by atoms with Crippen LogP contribution in [0.25, 0.3) is 0 Å². The molecule has 1 aliphatic heterocycles. The maximum atomic E-state index is 12.6. The lowest BCUT2D eigenvalue weighted by molar-refractivity contribution is -0.144. The molecule has 4 nitrogen and oxygen atoms in total. The number of halogens is 3. The van der Waals surface area contributed by atoms with E-state index in [9.17, 15) is 13.2 Å². The highest BCUT2D eigenvalue weighted by Crippen LogP contribution is 2.27. The molecule has 0 aromatic carbocycles. The van der Waals surface area contributed by atoms with Crippen LogP contribution in [-0.2, 0) is 6.18 Å². The third-order valence-electron chi connectivity index (χ3n) is 3.26. The molecule has 0 atom stereocenters. The molecule has 0 N–H and O–H groups in total. The van der Waals surface area contributed by atoms with Gasteiger partial charge in [-0.25, -0.2) is 9.97 Å². The number of rotatable bonds is 2. The predicted molar refractivity (Wildman–Crippen MR) is 66.0 cm³/mol. The van der Waals surface area contributed by atoms with Crippen LogP contribution in [0.2, 0.25) is 0 Å². The van der Waals surface area contributed by atoms with E-state index in [-0.39, 0.29) is 0 Å². The number of anilines is 1. The van der Waals surface area contributed by atoms with Crippen molar-refractivity contribution < 1.29 is 13.2 Å². The van der Waals surface area contributed by atoms with Gasteiger partial charge in [0.2, 0.25) is 5.82 Å². The summed E-state index contributed by atoms with van der Waals surface area (Å²) in [7, 11) is 0. The Bertz CT molecular complexity index is 425. The summed E-state index contributed by atoms with van der Waals surface area (Å²) >= 11 is 0. The van der Waals surface area contributed by atoms with Gasteiger partial charge in [-0.2, -0.15) is 13.2 Å². The van der Waals surface area contributed by atoms with Gasteiger partial charge in [0.15, 0.2) is 0 Å². The molecule has 0 amide bonds. The first-order valence-corrected chi connectivity index (χ1v) is 6.27. The first-order chi connectivity index (χ1) is 8.88. The average Bonchev–Trinajstić information content (AvgIpc) is 2.38. The van der Waals surface area contributed by atoms with Crippen molar-refractivity contribution in [3.05, 3.63) is 18.1 Å². The summed E-state index contributed by atoms with van der Waals surface area (Å²) in [5, 5.41) is 0. The van der Waals surface area contributed by atoms with Crippen LogP contribution in [0.5, 0.6) is 0 Å². The Kier molecular flexibility index (Phi) is 3.93. The standard InChI is InChI=1S/C12H17F3N4/c1-9(2)18-5-7-19(8-6-18)10-3-4-16-11(17-10)12(13,14)15/h3-4,9H,5-8H2,1-2H3. The van der Waals surface area contributed by atoms with Crippen LogP contribution in [0.1, 0.15) is 19.7 Å². The quantitative estimate of drug-likeness (QED) is 0.826. The first-order valence-electron chi connectivity index (χ1n) is 6.27. The van der Waals surface area contributed by atoms with Crippen LogP contribution in [0.15, 0.2) is 12.3 Å². The highest BCUT2D eigenvalue weighted by molar-refractivity contribution is 5.38. The van der Waals surface area contributed by atoms with E-state index in [1.54, 1.807) is 0 Å². The molecular weight excluding hydrogens is 257 g/mol. The van der Waals surface area contributed by atoms with Crippen molar-refractivity contribution in [2.45, 2.75) is 26.1 Å². The first kappa shape index (κ1) is 14.0. The summed E-state index contributed by atoms with van der Waals surface area (Å²) in [5.41, 5.74) is 0. The van der Waals surface area contributed by atoms with Gasteiger partial charge in [0, 0.05) is 38.4 Å². The molecule has 0 bridgehead atoms. The minimum Gasteiger partial charge on any atom is -0.354 e. The molecule has 19 heavy (non-hydrogen) atoms. The van der Waals surface area contributed by atoms with Crippen molar-refractivity contribution in [2.24, 2.45) is 0 Å². The van der Waals surface area contributed by atoms with E-state index in [4.69, 9.17) is 0 Å². The Morgan fingerprint density at radius 3 is 2.32 bits per heavy atom. The SMILES string of the molecule is CC(C)N1CCN(c2ccnc(C(F)(F)F)n2)CC1. The Morgan fingerprint density at radius 1 is 1.16 bits per heavy atom. The molecule has 2 heterocycles. The fraction of sp³-hybridized carbons (Fsp3) is 0.667.